The number of thiophene rings is 2. The first-order valence-corrected chi connectivity index (χ1v) is 8.79. The summed E-state index contributed by atoms with van der Waals surface area (Å²) in [6, 6.07) is 5.91. The molecular formula is C15H20N2O2S2. The first kappa shape index (κ1) is 16.0. The number of carbonyl (C=O) groups is 1. The van der Waals surface area contributed by atoms with Gasteiger partial charge in [-0.15, -0.1) is 11.3 Å². The average molecular weight is 324 g/mol. The lowest BCUT2D eigenvalue weighted by Crippen LogP contribution is -2.35. The van der Waals surface area contributed by atoms with Crippen LogP contribution in [0.15, 0.2) is 34.3 Å². The van der Waals surface area contributed by atoms with Crippen LogP contribution in [0.5, 0.6) is 0 Å². The molecule has 6 heteroatoms. The Labute approximate surface area is 132 Å². The molecule has 0 radical (unpaired) electrons. The second kappa shape index (κ2) is 8.81. The summed E-state index contributed by atoms with van der Waals surface area (Å²) >= 11 is 3.29. The van der Waals surface area contributed by atoms with E-state index in [2.05, 4.69) is 22.1 Å². The third-order valence-corrected chi connectivity index (χ3v) is 4.85. The maximum Gasteiger partial charge on any atom is 0.315 e. The van der Waals surface area contributed by atoms with Crippen LogP contribution in [0.4, 0.5) is 4.79 Å². The van der Waals surface area contributed by atoms with Crippen LogP contribution in [-0.4, -0.2) is 24.3 Å². The molecule has 2 aromatic rings. The first-order chi connectivity index (χ1) is 10.3. The summed E-state index contributed by atoms with van der Waals surface area (Å²) in [5.41, 5.74) is 1.25. The van der Waals surface area contributed by atoms with Gasteiger partial charge in [0.25, 0.3) is 0 Å². The Morgan fingerprint density at radius 3 is 2.81 bits per heavy atom. The monoisotopic (exact) mass is 324 g/mol. The summed E-state index contributed by atoms with van der Waals surface area (Å²) in [5, 5.41) is 21.0. The van der Waals surface area contributed by atoms with Crippen LogP contribution in [0.2, 0.25) is 0 Å². The van der Waals surface area contributed by atoms with Crippen LogP contribution in [0, 0.1) is 0 Å². The van der Waals surface area contributed by atoms with E-state index in [-0.39, 0.29) is 12.6 Å². The molecule has 2 aromatic heterocycles. The summed E-state index contributed by atoms with van der Waals surface area (Å²) in [4.78, 5) is 12.8. The van der Waals surface area contributed by atoms with Gasteiger partial charge in [0.1, 0.15) is 0 Å². The van der Waals surface area contributed by atoms with E-state index in [4.69, 9.17) is 5.11 Å². The Morgan fingerprint density at radius 1 is 1.24 bits per heavy atom. The topological polar surface area (TPSA) is 61.4 Å². The van der Waals surface area contributed by atoms with Gasteiger partial charge >= 0.3 is 6.03 Å². The molecule has 0 bridgehead atoms. The van der Waals surface area contributed by atoms with E-state index in [1.807, 2.05) is 22.9 Å². The lowest BCUT2D eigenvalue weighted by atomic mass is 9.95. The minimum Gasteiger partial charge on any atom is -0.396 e. The van der Waals surface area contributed by atoms with Gasteiger partial charge in [-0.1, -0.05) is 6.07 Å². The predicted molar refractivity (Wildman–Crippen MR) is 87.9 cm³/mol. The number of amides is 2. The van der Waals surface area contributed by atoms with Crippen molar-refractivity contribution in [2.24, 2.45) is 0 Å². The van der Waals surface area contributed by atoms with Gasteiger partial charge in [0.15, 0.2) is 0 Å². The van der Waals surface area contributed by atoms with Crippen molar-refractivity contribution in [3.63, 3.8) is 0 Å². The molecular weight excluding hydrogens is 304 g/mol. The maximum atomic E-state index is 11.7. The highest BCUT2D eigenvalue weighted by molar-refractivity contribution is 7.09. The lowest BCUT2D eigenvalue weighted by molar-refractivity contribution is 0.239. The molecule has 2 rings (SSSR count). The fraction of sp³-hybridized carbons (Fsp3) is 0.400. The molecule has 3 N–H and O–H groups in total. The first-order valence-electron chi connectivity index (χ1n) is 6.96. The quantitative estimate of drug-likeness (QED) is 0.698. The Kier molecular flexibility index (Phi) is 6.72. The third kappa shape index (κ3) is 5.49. The van der Waals surface area contributed by atoms with Gasteiger partial charge in [-0.05, 0) is 52.6 Å². The van der Waals surface area contributed by atoms with Crippen LogP contribution >= 0.6 is 22.7 Å². The number of hydrogen-bond donors (Lipinski definition) is 3. The molecule has 0 aromatic carbocycles. The Morgan fingerprint density at radius 2 is 2.14 bits per heavy atom. The minimum absolute atomic E-state index is 0.142. The standard InChI is InChI=1S/C15H20N2O2S2/c18-7-4-12(13-5-9-20-11-13)3-6-16-15(19)17-10-14-2-1-8-21-14/h1-2,5,8-9,11-12,18H,3-4,6-7,10H2,(H2,16,17,19)/t12-/m0/s1. The van der Waals surface area contributed by atoms with Crippen LogP contribution in [-0.2, 0) is 6.54 Å². The summed E-state index contributed by atoms with van der Waals surface area (Å²) in [5.74, 6) is 0.304. The van der Waals surface area contributed by atoms with Crippen LogP contribution in [0.25, 0.3) is 0 Å². The Balaban J connectivity index is 1.68. The van der Waals surface area contributed by atoms with Crippen molar-refractivity contribution in [1.29, 1.82) is 0 Å². The van der Waals surface area contributed by atoms with E-state index in [1.165, 1.54) is 5.56 Å². The van der Waals surface area contributed by atoms with Crippen molar-refractivity contribution in [1.82, 2.24) is 10.6 Å². The molecule has 114 valence electrons. The maximum absolute atomic E-state index is 11.7. The van der Waals surface area contributed by atoms with Gasteiger partial charge < -0.3 is 15.7 Å². The molecule has 0 unspecified atom stereocenters. The van der Waals surface area contributed by atoms with E-state index in [0.29, 0.717) is 19.0 Å². The summed E-state index contributed by atoms with van der Waals surface area (Å²) in [6.45, 7) is 1.34. The van der Waals surface area contributed by atoms with Crippen molar-refractivity contribution in [3.05, 3.63) is 44.8 Å². The molecule has 0 spiro atoms. The number of urea groups is 1. The molecule has 1 atom stereocenters. The number of carbonyl (C=O) groups excluding carboxylic acids is 1. The van der Waals surface area contributed by atoms with Gasteiger partial charge in [0, 0.05) is 18.0 Å². The minimum atomic E-state index is -0.142. The van der Waals surface area contributed by atoms with E-state index >= 15 is 0 Å². The highest BCUT2D eigenvalue weighted by Crippen LogP contribution is 2.24. The van der Waals surface area contributed by atoms with E-state index < -0.39 is 0 Å². The van der Waals surface area contributed by atoms with Crippen molar-refractivity contribution in [2.75, 3.05) is 13.2 Å². The number of aliphatic hydroxyl groups excluding tert-OH is 1. The Hall–Kier alpha value is -1.37. The van der Waals surface area contributed by atoms with E-state index in [1.54, 1.807) is 22.7 Å². The van der Waals surface area contributed by atoms with Crippen molar-refractivity contribution >= 4 is 28.7 Å². The second-order valence-corrected chi connectivity index (χ2v) is 6.56. The van der Waals surface area contributed by atoms with E-state index in [9.17, 15) is 4.79 Å². The van der Waals surface area contributed by atoms with Gasteiger partial charge in [0.05, 0.1) is 6.54 Å². The molecule has 0 saturated heterocycles. The fourth-order valence-electron chi connectivity index (χ4n) is 2.14. The molecule has 0 saturated carbocycles. The Bertz CT molecular complexity index is 512. The molecule has 21 heavy (non-hydrogen) atoms. The van der Waals surface area contributed by atoms with Crippen LogP contribution in [0.3, 0.4) is 0 Å². The van der Waals surface area contributed by atoms with Crippen molar-refractivity contribution < 1.29 is 9.90 Å². The number of aliphatic hydroxyl groups is 1. The molecule has 2 amide bonds. The average Bonchev–Trinajstić information content (AvgIpc) is 3.17. The summed E-state index contributed by atoms with van der Waals surface area (Å²) in [7, 11) is 0. The zero-order chi connectivity index (χ0) is 14.9. The number of nitrogens with one attached hydrogen (secondary N) is 2. The van der Waals surface area contributed by atoms with Gasteiger partial charge in [-0.3, -0.25) is 0 Å². The third-order valence-electron chi connectivity index (χ3n) is 3.27. The van der Waals surface area contributed by atoms with Gasteiger partial charge in [-0.2, -0.15) is 11.3 Å². The highest BCUT2D eigenvalue weighted by Gasteiger charge is 2.12. The zero-order valence-electron chi connectivity index (χ0n) is 11.7. The van der Waals surface area contributed by atoms with Crippen LogP contribution in [0.1, 0.15) is 29.2 Å². The lowest BCUT2D eigenvalue weighted by Gasteiger charge is -2.15. The van der Waals surface area contributed by atoms with Crippen molar-refractivity contribution in [2.45, 2.75) is 25.3 Å². The molecule has 0 aliphatic carbocycles. The molecule has 0 fully saturated rings. The molecule has 0 aliphatic heterocycles. The van der Waals surface area contributed by atoms with Crippen LogP contribution < -0.4 is 10.6 Å². The van der Waals surface area contributed by atoms with Gasteiger partial charge in [0.2, 0.25) is 0 Å². The number of rotatable bonds is 8. The fourth-order valence-corrected chi connectivity index (χ4v) is 3.53. The molecule has 0 aliphatic rings. The molecule has 2 heterocycles. The van der Waals surface area contributed by atoms with Crippen molar-refractivity contribution in [3.8, 4) is 0 Å². The zero-order valence-corrected chi connectivity index (χ0v) is 13.4. The normalized spacial score (nSPS) is 12.0. The number of hydrogen-bond acceptors (Lipinski definition) is 4. The van der Waals surface area contributed by atoms with E-state index in [0.717, 1.165) is 17.7 Å². The smallest absolute Gasteiger partial charge is 0.315 e. The second-order valence-electron chi connectivity index (χ2n) is 4.74. The predicted octanol–water partition coefficient (Wildman–Crippen LogP) is 3.17. The largest absolute Gasteiger partial charge is 0.396 e. The molecule has 4 nitrogen and oxygen atoms in total. The summed E-state index contributed by atoms with van der Waals surface area (Å²) in [6.07, 6.45) is 1.57. The SMILES string of the molecule is O=C(NCC[C@@H](CCO)c1ccsc1)NCc1cccs1. The van der Waals surface area contributed by atoms with Gasteiger partial charge in [-0.25, -0.2) is 4.79 Å². The summed E-state index contributed by atoms with van der Waals surface area (Å²) < 4.78 is 0. The highest BCUT2D eigenvalue weighted by atomic mass is 32.1.